The van der Waals surface area contributed by atoms with Crippen molar-refractivity contribution in [3.63, 3.8) is 0 Å². The molecule has 3 amide bonds. The quantitative estimate of drug-likeness (QED) is 0.0283. The number of oxime groups is 1. The van der Waals surface area contributed by atoms with Crippen LogP contribution in [0.3, 0.4) is 0 Å². The first-order valence-electron chi connectivity index (χ1n) is 16.8. The highest BCUT2D eigenvalue weighted by Crippen LogP contribution is 2.40. The Morgan fingerprint density at radius 3 is 2.58 bits per heavy atom. The molecule has 2 atom stereocenters. The molecule has 0 aromatic carbocycles. The number of hydrogen-bond acceptors (Lipinski definition) is 15. The fraction of sp³-hybridized carbons (Fsp3) is 0.257. The first kappa shape index (κ1) is 41.5. The summed E-state index contributed by atoms with van der Waals surface area (Å²) >= 11 is 2.31. The molecule has 1 aromatic heterocycles. The van der Waals surface area contributed by atoms with E-state index in [0.29, 0.717) is 27.2 Å². The van der Waals surface area contributed by atoms with Gasteiger partial charge in [-0.1, -0.05) is 35.1 Å². The van der Waals surface area contributed by atoms with Crippen molar-refractivity contribution in [3.05, 3.63) is 110 Å². The Balaban J connectivity index is 1.27. The third-order valence-electron chi connectivity index (χ3n) is 8.37. The van der Waals surface area contributed by atoms with Gasteiger partial charge in [0.2, 0.25) is 11.0 Å². The average molecular weight is 825 g/mol. The summed E-state index contributed by atoms with van der Waals surface area (Å²) in [5.74, 6) is -5.57. The van der Waals surface area contributed by atoms with Gasteiger partial charge >= 0.3 is 11.9 Å². The molecule has 1 fully saturated rings. The number of β-lactam (4-membered cyclic amide) rings is 1. The lowest BCUT2D eigenvalue weighted by Gasteiger charge is -2.49. The summed E-state index contributed by atoms with van der Waals surface area (Å²) in [7, 11) is 0. The molecular weight excluding hydrogens is 787 g/mol. The number of nitrogens with two attached hydrogens (primary N) is 2. The molecule has 0 aliphatic carbocycles. The molecule has 300 valence electrons. The second kappa shape index (κ2) is 17.4. The van der Waals surface area contributed by atoms with Crippen LogP contribution in [0.4, 0.5) is 0 Å². The zero-order chi connectivity index (χ0) is 41.6. The lowest BCUT2D eigenvalue weighted by molar-refractivity contribution is -0.442. The number of thioether (sulfide) groups is 2. The largest absolute Gasteiger partial charge is 0.503 e. The second-order valence-corrected chi connectivity index (χ2v) is 14.9. The highest BCUT2D eigenvalue weighted by Gasteiger charge is 2.55. The minimum absolute atomic E-state index is 0.0227. The number of hydrogen-bond donors (Lipinski definition) is 9. The summed E-state index contributed by atoms with van der Waals surface area (Å²) < 4.78 is 1.96. The number of carboxylic acids is 2. The van der Waals surface area contributed by atoms with E-state index in [4.69, 9.17) is 16.3 Å². The smallest absolute Gasteiger partial charge is 0.352 e. The minimum atomic E-state index is -1.80. The standard InChI is InChI=1S/C35H37N9O11S2/c1-35(2,34(52)53)55-41-26(18-6-5-8-25(37)56-16-18)30(48)40-27-31(49)44-28(33(50)51)19(17-57-32(27)44)13-42-11-4-3-7-21(20(36)14-42)38-9-10-39-29(47)22-12-23(45)24(46)15-43(22)54/h3-8,11-12,14-16,27,32,54H,9-10,13,17,36-37H2,1-2H3,(H5,39,40,46,47,48,50,51,52,53)/p+1/b7-3+,11-4?,20-14?,41-26-/t27-,32?/m1/s1. The van der Waals surface area contributed by atoms with E-state index >= 15 is 0 Å². The number of carbonyl (C=O) groups is 5. The Kier molecular flexibility index (Phi) is 12.7. The van der Waals surface area contributed by atoms with Crippen LogP contribution in [-0.4, -0.2) is 119 Å². The number of aliphatic carboxylic acids is 2. The first-order chi connectivity index (χ1) is 27.0. The molecule has 0 radical (unpaired) electrons. The van der Waals surface area contributed by atoms with Crippen molar-refractivity contribution in [1.29, 1.82) is 0 Å². The van der Waals surface area contributed by atoms with Gasteiger partial charge in [0.1, 0.15) is 28.5 Å². The van der Waals surface area contributed by atoms with Crippen molar-refractivity contribution >= 4 is 65.1 Å². The van der Waals surface area contributed by atoms with Crippen LogP contribution >= 0.6 is 23.5 Å². The molecule has 57 heavy (non-hydrogen) atoms. The Hall–Kier alpha value is -6.68. The van der Waals surface area contributed by atoms with E-state index in [1.54, 1.807) is 47.4 Å². The Morgan fingerprint density at radius 1 is 1.11 bits per heavy atom. The SMILES string of the molecule is CC(C)(O/N=C(\C(=O)N[C@@H]1C(=O)N2C(C(=O)O)=C(C[N+]3=C/C(N)=C(NCCNC(=O)c4cc(=O)c(O)cn4O)\C=C\C=C3)CSC12)C1=CSC(N)=CC=C1)C(=O)O. The van der Waals surface area contributed by atoms with Crippen LogP contribution in [0.1, 0.15) is 24.3 Å². The zero-order valence-electron chi connectivity index (χ0n) is 30.2. The van der Waals surface area contributed by atoms with E-state index in [1.165, 1.54) is 37.1 Å². The Labute approximate surface area is 331 Å². The number of amides is 3. The van der Waals surface area contributed by atoms with Crippen molar-refractivity contribution < 1.29 is 53.9 Å². The van der Waals surface area contributed by atoms with Crippen molar-refractivity contribution in [2.45, 2.75) is 30.9 Å². The lowest BCUT2D eigenvalue weighted by atomic mass is 10.0. The highest BCUT2D eigenvalue weighted by atomic mass is 32.2. The van der Waals surface area contributed by atoms with Crippen LogP contribution in [-0.2, 0) is 24.0 Å². The van der Waals surface area contributed by atoms with Crippen molar-refractivity contribution in [3.8, 4) is 5.75 Å². The predicted octanol–water partition coefficient (Wildman–Crippen LogP) is -0.591. The molecule has 11 N–H and O–H groups in total. The number of nitrogens with one attached hydrogen (secondary N) is 3. The van der Waals surface area contributed by atoms with Gasteiger partial charge in [0, 0.05) is 42.1 Å². The molecule has 1 saturated heterocycles. The molecule has 4 aliphatic rings. The Bertz CT molecular complexity index is 2250. The number of rotatable bonds is 14. The normalized spacial score (nSPS) is 21.4. The number of carbonyl (C=O) groups excluding carboxylic acids is 3. The summed E-state index contributed by atoms with van der Waals surface area (Å²) in [5, 5.41) is 52.2. The first-order valence-corrected chi connectivity index (χ1v) is 18.7. The molecule has 0 saturated carbocycles. The van der Waals surface area contributed by atoms with Gasteiger partial charge in [-0.2, -0.15) is 9.31 Å². The van der Waals surface area contributed by atoms with E-state index in [9.17, 15) is 49.3 Å². The van der Waals surface area contributed by atoms with Crippen molar-refractivity contribution in [2.75, 3.05) is 25.4 Å². The molecule has 1 unspecified atom stereocenters. The predicted molar refractivity (Wildman–Crippen MR) is 208 cm³/mol. The van der Waals surface area contributed by atoms with E-state index in [1.807, 2.05) is 0 Å². The van der Waals surface area contributed by atoms with E-state index in [-0.39, 0.29) is 53.8 Å². The number of pyridine rings is 1. The minimum Gasteiger partial charge on any atom is -0.503 e. The number of carboxylic acid groups (broad SMARTS) is 2. The summed E-state index contributed by atoms with van der Waals surface area (Å²) in [6, 6.07) is -0.358. The molecule has 0 spiro atoms. The second-order valence-electron chi connectivity index (χ2n) is 12.9. The van der Waals surface area contributed by atoms with Gasteiger partial charge in [0.05, 0.1) is 16.9 Å². The molecule has 5 rings (SSSR count). The average Bonchev–Trinajstić information content (AvgIpc) is 3.37. The number of allylic oxidation sites excluding steroid dienone is 7. The van der Waals surface area contributed by atoms with E-state index < -0.39 is 57.9 Å². The summed E-state index contributed by atoms with van der Waals surface area (Å²) in [6.45, 7) is 2.72. The number of nitrogens with zero attached hydrogens (tertiary/aromatic N) is 4. The van der Waals surface area contributed by atoms with Crippen LogP contribution in [0.2, 0.25) is 0 Å². The van der Waals surface area contributed by atoms with Crippen LogP contribution < -0.4 is 32.8 Å². The number of fused-ring (bicyclic) bond motifs is 1. The van der Waals surface area contributed by atoms with Gasteiger partial charge < -0.3 is 52.8 Å². The zero-order valence-corrected chi connectivity index (χ0v) is 31.9. The molecule has 4 aliphatic heterocycles. The monoisotopic (exact) mass is 824 g/mol. The summed E-state index contributed by atoms with van der Waals surface area (Å²) in [5.41, 5.74) is 9.95. The molecule has 1 aromatic rings. The van der Waals surface area contributed by atoms with Gasteiger partial charge in [-0.05, 0) is 31.4 Å². The third kappa shape index (κ3) is 9.59. The van der Waals surface area contributed by atoms with Crippen molar-refractivity contribution in [2.24, 2.45) is 16.6 Å². The van der Waals surface area contributed by atoms with Gasteiger partial charge in [-0.3, -0.25) is 24.1 Å². The number of aromatic hydroxyl groups is 1. The van der Waals surface area contributed by atoms with Gasteiger partial charge in [-0.15, -0.1) is 11.8 Å². The molecular formula is C35H38N9O11S2+. The van der Waals surface area contributed by atoms with E-state index in [0.717, 1.165) is 22.7 Å². The Morgan fingerprint density at radius 2 is 1.86 bits per heavy atom. The topological polar surface area (TPSA) is 304 Å². The van der Waals surface area contributed by atoms with Crippen LogP contribution in [0.15, 0.2) is 104 Å². The maximum absolute atomic E-state index is 13.6. The fourth-order valence-corrected chi connectivity index (χ4v) is 7.30. The fourth-order valence-electron chi connectivity index (χ4n) is 5.36. The van der Waals surface area contributed by atoms with Crippen LogP contribution in [0.5, 0.6) is 5.75 Å². The van der Waals surface area contributed by atoms with Crippen LogP contribution in [0.25, 0.3) is 0 Å². The van der Waals surface area contributed by atoms with Gasteiger partial charge in [0.25, 0.3) is 17.7 Å². The molecule has 22 heteroatoms. The molecule has 0 bridgehead atoms. The third-order valence-corrected chi connectivity index (χ3v) is 10.5. The molecule has 5 heterocycles. The summed E-state index contributed by atoms with van der Waals surface area (Å²) in [6.07, 6.45) is 13.6. The van der Waals surface area contributed by atoms with Crippen molar-refractivity contribution in [1.82, 2.24) is 25.6 Å². The summed E-state index contributed by atoms with van der Waals surface area (Å²) in [4.78, 5) is 81.8. The number of aromatic nitrogens is 1. The maximum atomic E-state index is 13.6. The van der Waals surface area contributed by atoms with Crippen LogP contribution in [0, 0.1) is 0 Å². The molecule has 20 nitrogen and oxygen atoms in total. The maximum Gasteiger partial charge on any atom is 0.352 e. The van der Waals surface area contributed by atoms with E-state index in [2.05, 4.69) is 21.1 Å². The lowest BCUT2D eigenvalue weighted by Crippen LogP contribution is -2.71. The van der Waals surface area contributed by atoms with Gasteiger partial charge in [0.15, 0.2) is 30.4 Å². The van der Waals surface area contributed by atoms with Gasteiger partial charge in [-0.25, -0.2) is 9.59 Å². The highest BCUT2D eigenvalue weighted by molar-refractivity contribution is 8.05.